The zero-order valence-electron chi connectivity index (χ0n) is 18.2. The molecule has 0 aliphatic carbocycles. The molecule has 0 aliphatic heterocycles. The number of carbonyl (C=O) groups is 2. The summed E-state index contributed by atoms with van der Waals surface area (Å²) in [6.45, 7) is 13.8. The average Bonchev–Trinajstić information content (AvgIpc) is 2.96. The van der Waals surface area contributed by atoms with E-state index in [0.717, 1.165) is 30.9 Å². The van der Waals surface area contributed by atoms with Crippen molar-refractivity contribution in [2.45, 2.75) is 41.2 Å². The van der Waals surface area contributed by atoms with Crippen LogP contribution in [0.2, 0.25) is 0 Å². The zero-order valence-corrected chi connectivity index (χ0v) is 18.2. The van der Waals surface area contributed by atoms with Gasteiger partial charge < -0.3 is 19.5 Å². The molecule has 0 atom stereocenters. The van der Waals surface area contributed by atoms with Gasteiger partial charge in [-0.3, -0.25) is 4.79 Å². The number of hydrogen-bond acceptors (Lipinski definition) is 4. The Morgan fingerprint density at radius 1 is 1.07 bits per heavy atom. The summed E-state index contributed by atoms with van der Waals surface area (Å²) >= 11 is 0. The number of hydrogen-bond donors (Lipinski definition) is 1. The standard InChI is InChI=1S/C23H33N3O3/c1-6-25(7-2)15-14-24-22(27)20-17(4)21(23(28)29-8-3)26(18(20)5)16-19-12-10-9-11-13-19/h9-13H,6-8,14-16H2,1-5H3,(H,24,27). The molecule has 29 heavy (non-hydrogen) atoms. The summed E-state index contributed by atoms with van der Waals surface area (Å²) in [6.07, 6.45) is 0. The first-order valence-corrected chi connectivity index (χ1v) is 10.4. The third kappa shape index (κ3) is 5.48. The van der Waals surface area contributed by atoms with Crippen LogP contribution < -0.4 is 5.32 Å². The molecule has 6 nitrogen and oxygen atoms in total. The van der Waals surface area contributed by atoms with Crippen LogP contribution in [-0.4, -0.2) is 54.1 Å². The number of likely N-dealkylation sites (N-methyl/N-ethyl adjacent to an activating group) is 1. The summed E-state index contributed by atoms with van der Waals surface area (Å²) in [5.41, 5.74) is 3.50. The molecule has 1 N–H and O–H groups in total. The second-order valence-electron chi connectivity index (χ2n) is 7.01. The minimum atomic E-state index is -0.397. The highest BCUT2D eigenvalue weighted by Gasteiger charge is 2.27. The normalized spacial score (nSPS) is 11.0. The van der Waals surface area contributed by atoms with Crippen molar-refractivity contribution >= 4 is 11.9 Å². The largest absolute Gasteiger partial charge is 0.461 e. The molecule has 6 heteroatoms. The van der Waals surface area contributed by atoms with Gasteiger partial charge in [-0.25, -0.2) is 4.79 Å². The van der Waals surface area contributed by atoms with E-state index in [2.05, 4.69) is 24.1 Å². The molecule has 1 aromatic carbocycles. The van der Waals surface area contributed by atoms with Crippen LogP contribution in [-0.2, 0) is 11.3 Å². The molecule has 1 heterocycles. The van der Waals surface area contributed by atoms with Gasteiger partial charge in [-0.05, 0) is 45.0 Å². The lowest BCUT2D eigenvalue weighted by atomic mass is 10.1. The maximum Gasteiger partial charge on any atom is 0.355 e. The third-order valence-corrected chi connectivity index (χ3v) is 5.25. The molecule has 2 rings (SSSR count). The summed E-state index contributed by atoms with van der Waals surface area (Å²) < 4.78 is 7.17. The molecule has 0 aliphatic rings. The van der Waals surface area contributed by atoms with E-state index in [4.69, 9.17) is 4.74 Å². The van der Waals surface area contributed by atoms with Gasteiger partial charge >= 0.3 is 5.97 Å². The van der Waals surface area contributed by atoms with E-state index in [0.29, 0.717) is 36.5 Å². The predicted molar refractivity (Wildman–Crippen MR) is 116 cm³/mol. The summed E-state index contributed by atoms with van der Waals surface area (Å²) in [5, 5.41) is 3.01. The first-order valence-electron chi connectivity index (χ1n) is 10.4. The van der Waals surface area contributed by atoms with Gasteiger partial charge in [-0.1, -0.05) is 44.2 Å². The minimum absolute atomic E-state index is 0.149. The van der Waals surface area contributed by atoms with Crippen molar-refractivity contribution in [3.63, 3.8) is 0 Å². The first-order chi connectivity index (χ1) is 13.9. The predicted octanol–water partition coefficient (Wildman–Crippen LogP) is 3.40. The summed E-state index contributed by atoms with van der Waals surface area (Å²) in [5.74, 6) is -0.546. The van der Waals surface area contributed by atoms with Crippen molar-refractivity contribution in [2.75, 3.05) is 32.8 Å². The van der Waals surface area contributed by atoms with E-state index in [1.165, 1.54) is 0 Å². The van der Waals surface area contributed by atoms with E-state index in [-0.39, 0.29) is 5.91 Å². The highest BCUT2D eigenvalue weighted by Crippen LogP contribution is 2.24. The average molecular weight is 400 g/mol. The van der Waals surface area contributed by atoms with Crippen LogP contribution in [0.4, 0.5) is 0 Å². The van der Waals surface area contributed by atoms with E-state index < -0.39 is 5.97 Å². The minimum Gasteiger partial charge on any atom is -0.461 e. The van der Waals surface area contributed by atoms with Crippen molar-refractivity contribution in [1.29, 1.82) is 0 Å². The highest BCUT2D eigenvalue weighted by molar-refractivity contribution is 6.01. The van der Waals surface area contributed by atoms with Gasteiger partial charge in [-0.15, -0.1) is 0 Å². The van der Waals surface area contributed by atoms with Crippen molar-refractivity contribution < 1.29 is 14.3 Å². The van der Waals surface area contributed by atoms with Crippen molar-refractivity contribution in [2.24, 2.45) is 0 Å². The lowest BCUT2D eigenvalue weighted by molar-refractivity contribution is 0.0513. The summed E-state index contributed by atoms with van der Waals surface area (Å²) in [7, 11) is 0. The Kier molecular flexibility index (Phi) is 8.46. The number of carbonyl (C=O) groups excluding carboxylic acids is 2. The molecule has 0 bridgehead atoms. The quantitative estimate of drug-likeness (QED) is 0.622. The number of nitrogens with one attached hydrogen (secondary N) is 1. The van der Waals surface area contributed by atoms with Crippen LogP contribution in [0.25, 0.3) is 0 Å². The van der Waals surface area contributed by atoms with Gasteiger partial charge in [0.05, 0.1) is 12.2 Å². The molecular formula is C23H33N3O3. The molecular weight excluding hydrogens is 366 g/mol. The zero-order chi connectivity index (χ0) is 21.4. The molecule has 0 unspecified atom stereocenters. The van der Waals surface area contributed by atoms with E-state index >= 15 is 0 Å². The van der Waals surface area contributed by atoms with E-state index in [1.54, 1.807) is 6.92 Å². The Labute approximate surface area is 173 Å². The topological polar surface area (TPSA) is 63.6 Å². The fourth-order valence-electron chi connectivity index (χ4n) is 3.61. The SMILES string of the molecule is CCOC(=O)c1c(C)c(C(=O)NCCN(CC)CC)c(C)n1Cc1ccccc1. The highest BCUT2D eigenvalue weighted by atomic mass is 16.5. The molecule has 0 radical (unpaired) electrons. The number of amides is 1. The van der Waals surface area contributed by atoms with Gasteiger partial charge in [0, 0.05) is 25.3 Å². The summed E-state index contributed by atoms with van der Waals surface area (Å²) in [6, 6.07) is 9.90. The Morgan fingerprint density at radius 2 is 1.72 bits per heavy atom. The second kappa shape index (κ2) is 10.8. The van der Waals surface area contributed by atoms with Crippen LogP contribution in [0.3, 0.4) is 0 Å². The lowest BCUT2D eigenvalue weighted by Gasteiger charge is -2.18. The molecule has 0 saturated heterocycles. The number of ether oxygens (including phenoxy) is 1. The van der Waals surface area contributed by atoms with Crippen molar-refractivity contribution in [1.82, 2.24) is 14.8 Å². The third-order valence-electron chi connectivity index (χ3n) is 5.25. The first kappa shape index (κ1) is 22.7. The van der Waals surface area contributed by atoms with Crippen LogP contribution in [0.15, 0.2) is 30.3 Å². The van der Waals surface area contributed by atoms with Crippen LogP contribution in [0.1, 0.15) is 58.4 Å². The number of aromatic nitrogens is 1. The maximum atomic E-state index is 12.9. The van der Waals surface area contributed by atoms with Crippen molar-refractivity contribution in [3.05, 3.63) is 58.4 Å². The van der Waals surface area contributed by atoms with Crippen LogP contribution in [0.5, 0.6) is 0 Å². The second-order valence-corrected chi connectivity index (χ2v) is 7.01. The van der Waals surface area contributed by atoms with Gasteiger partial charge in [0.25, 0.3) is 5.91 Å². The van der Waals surface area contributed by atoms with E-state index in [1.807, 2.05) is 48.7 Å². The fraction of sp³-hybridized carbons (Fsp3) is 0.478. The van der Waals surface area contributed by atoms with E-state index in [9.17, 15) is 9.59 Å². The van der Waals surface area contributed by atoms with Gasteiger partial charge in [0.2, 0.25) is 0 Å². The van der Waals surface area contributed by atoms with Gasteiger partial charge in [0.15, 0.2) is 0 Å². The maximum absolute atomic E-state index is 12.9. The van der Waals surface area contributed by atoms with Gasteiger partial charge in [0.1, 0.15) is 5.69 Å². The molecule has 0 fully saturated rings. The smallest absolute Gasteiger partial charge is 0.355 e. The molecule has 1 amide bonds. The fourth-order valence-corrected chi connectivity index (χ4v) is 3.61. The van der Waals surface area contributed by atoms with Crippen LogP contribution >= 0.6 is 0 Å². The Hall–Kier alpha value is -2.60. The molecule has 1 aromatic heterocycles. The molecule has 2 aromatic rings. The molecule has 158 valence electrons. The monoisotopic (exact) mass is 399 g/mol. The Bertz CT molecular complexity index is 824. The van der Waals surface area contributed by atoms with Gasteiger partial charge in [-0.2, -0.15) is 0 Å². The molecule has 0 saturated carbocycles. The number of rotatable bonds is 10. The number of esters is 1. The molecule has 0 spiro atoms. The number of benzene rings is 1. The number of nitrogens with zero attached hydrogens (tertiary/aromatic N) is 2. The lowest BCUT2D eigenvalue weighted by Crippen LogP contribution is -2.35. The summed E-state index contributed by atoms with van der Waals surface area (Å²) in [4.78, 5) is 27.9. The van der Waals surface area contributed by atoms with Crippen molar-refractivity contribution in [3.8, 4) is 0 Å². The Balaban J connectivity index is 2.33. The Morgan fingerprint density at radius 3 is 2.31 bits per heavy atom. The van der Waals surface area contributed by atoms with Crippen LogP contribution in [0, 0.1) is 13.8 Å².